The Morgan fingerprint density at radius 3 is 1.19 bits per heavy atom. The molecule has 0 atom stereocenters. The Kier molecular flexibility index (Phi) is 24.7. The fourth-order valence-corrected chi connectivity index (χ4v) is 10.1. The van der Waals surface area contributed by atoms with Crippen LogP contribution in [0.15, 0.2) is 186 Å². The van der Waals surface area contributed by atoms with Crippen molar-refractivity contribution in [2.45, 2.75) is 105 Å². The summed E-state index contributed by atoms with van der Waals surface area (Å²) in [6.07, 6.45) is 8.12. The van der Waals surface area contributed by atoms with Crippen LogP contribution in [0.3, 0.4) is 0 Å². The number of nitriles is 2. The summed E-state index contributed by atoms with van der Waals surface area (Å²) in [5.41, 5.74) is 26.4. The molecule has 3 aliphatic rings. The number of rotatable bonds is 18. The van der Waals surface area contributed by atoms with Crippen molar-refractivity contribution in [3.05, 3.63) is 265 Å². The van der Waals surface area contributed by atoms with Crippen molar-refractivity contribution in [3.63, 3.8) is 0 Å². The first kappa shape index (κ1) is 71.3. The van der Waals surface area contributed by atoms with Crippen molar-refractivity contribution in [3.8, 4) is 23.5 Å². The summed E-state index contributed by atoms with van der Waals surface area (Å²) in [6.45, 7) is 11.1. The van der Waals surface area contributed by atoms with Gasteiger partial charge in [-0.1, -0.05) is 140 Å². The average molecular weight is 1320 g/mol. The largest absolute Gasteiger partial charge is 0.383 e. The Bertz CT molecular complexity index is 4310. The van der Waals surface area contributed by atoms with Crippen LogP contribution in [0.5, 0.6) is 0 Å². The number of nitrogens with zero attached hydrogens (tertiary/aromatic N) is 6. The third kappa shape index (κ3) is 19.1. The first-order valence-corrected chi connectivity index (χ1v) is 32.7. The number of nitrogen functional groups attached to an aromatic ring is 3. The van der Waals surface area contributed by atoms with Gasteiger partial charge in [0, 0.05) is 62.0 Å². The predicted molar refractivity (Wildman–Crippen MR) is 379 cm³/mol. The van der Waals surface area contributed by atoms with E-state index in [1.807, 2.05) is 112 Å². The molecule has 10 N–H and O–H groups in total. The van der Waals surface area contributed by atoms with Gasteiger partial charge >= 0.3 is 0 Å². The van der Waals surface area contributed by atoms with E-state index in [1.165, 1.54) is 11.8 Å². The maximum Gasteiger partial charge on any atom is 0.251 e. The van der Waals surface area contributed by atoms with Crippen LogP contribution >= 0.6 is 11.8 Å². The van der Waals surface area contributed by atoms with Gasteiger partial charge in [0.1, 0.15) is 23.3 Å². The van der Waals surface area contributed by atoms with E-state index in [9.17, 15) is 33.6 Å². The van der Waals surface area contributed by atoms with Crippen molar-refractivity contribution >= 4 is 69.9 Å². The molecule has 21 heteroatoms. The van der Waals surface area contributed by atoms with Crippen LogP contribution in [-0.2, 0) is 0 Å². The van der Waals surface area contributed by atoms with E-state index in [-0.39, 0.29) is 76.6 Å². The molecule has 3 saturated carbocycles. The Labute approximate surface area is 568 Å². The molecule has 9 aromatic rings. The van der Waals surface area contributed by atoms with Crippen molar-refractivity contribution in [1.82, 2.24) is 35.5 Å². The molecule has 7 aromatic carbocycles. The second-order valence-corrected chi connectivity index (χ2v) is 24.4. The summed E-state index contributed by atoms with van der Waals surface area (Å²) in [6, 6.07) is 56.7. The van der Waals surface area contributed by atoms with Crippen LogP contribution in [0, 0.1) is 57.3 Å². The third-order valence-electron chi connectivity index (χ3n) is 15.9. The van der Waals surface area contributed by atoms with E-state index in [4.69, 9.17) is 27.8 Å². The zero-order valence-electron chi connectivity index (χ0n) is 55.1. The molecule has 494 valence electrons. The van der Waals surface area contributed by atoms with Gasteiger partial charge in [0.05, 0.1) is 52.1 Å². The number of hydrogen-bond acceptors (Lipinski definition) is 16. The Hall–Kier alpha value is -11.5. The minimum absolute atomic E-state index is 0.0194. The first-order valence-electron chi connectivity index (χ1n) is 31.5. The van der Waals surface area contributed by atoms with Crippen molar-refractivity contribution in [2.75, 3.05) is 23.1 Å². The number of carbonyl (C=O) groups is 7. The fraction of sp³-hybridized carbons (Fsp3) is 0.224. The van der Waals surface area contributed by atoms with Crippen molar-refractivity contribution in [2.24, 2.45) is 5.84 Å². The van der Waals surface area contributed by atoms with Crippen LogP contribution in [0.4, 0.5) is 17.3 Å². The molecule has 2 aromatic heterocycles. The smallest absolute Gasteiger partial charge is 0.251 e. The highest BCUT2D eigenvalue weighted by atomic mass is 32.2. The molecule has 2 heterocycles. The molecule has 20 nitrogen and oxygen atoms in total. The van der Waals surface area contributed by atoms with Gasteiger partial charge in [-0.05, 0) is 139 Å². The second-order valence-electron chi connectivity index (χ2n) is 23.4. The molecule has 0 spiro atoms. The second kappa shape index (κ2) is 33.5. The van der Waals surface area contributed by atoms with Gasteiger partial charge in [-0.25, -0.2) is 9.36 Å². The maximum atomic E-state index is 12.9. The Balaban J connectivity index is 0.000000162. The summed E-state index contributed by atoms with van der Waals surface area (Å²) in [5.74, 6) is 5.02. The number of benzene rings is 7. The molecule has 3 amide bonds. The van der Waals surface area contributed by atoms with Crippen LogP contribution < -0.4 is 38.7 Å². The van der Waals surface area contributed by atoms with Gasteiger partial charge in [0.25, 0.3) is 17.7 Å². The number of aromatic nitrogens is 4. The van der Waals surface area contributed by atoms with E-state index in [2.05, 4.69) is 31.6 Å². The molecule has 12 rings (SSSR count). The molecule has 3 aliphatic carbocycles. The van der Waals surface area contributed by atoms with Crippen LogP contribution in [-0.4, -0.2) is 84.8 Å². The van der Waals surface area contributed by atoms with Crippen molar-refractivity contribution < 1.29 is 33.6 Å². The molecule has 0 aliphatic heterocycles. The third-order valence-corrected chi connectivity index (χ3v) is 16.7. The number of hydrogen-bond donors (Lipinski definition) is 7. The molecule has 3 fully saturated rings. The Morgan fingerprint density at radius 2 is 0.845 bits per heavy atom. The van der Waals surface area contributed by atoms with Gasteiger partial charge < -0.3 is 32.8 Å². The quantitative estimate of drug-likeness (QED) is 0.0138. The number of carbonyl (C=O) groups excluding carboxylic acids is 7. The maximum absolute atomic E-state index is 12.9. The lowest BCUT2D eigenvalue weighted by Crippen LogP contribution is -2.25. The van der Waals surface area contributed by atoms with E-state index in [0.717, 1.165) is 65.8 Å². The predicted octanol–water partition coefficient (Wildman–Crippen LogP) is 12.4. The highest BCUT2D eigenvalue weighted by Gasteiger charge is 2.29. The highest BCUT2D eigenvalue weighted by molar-refractivity contribution is 8.02. The number of Topliss-reactive ketones (excluding diaryl/α,β-unsaturated/α-hetero) is 2. The zero-order valence-corrected chi connectivity index (χ0v) is 55.9. The topological polar surface area (TPSA) is 329 Å². The molecular weight excluding hydrogens is 1240 g/mol. The number of nitrogens with two attached hydrogens (primary N) is 3. The average Bonchev–Trinajstić information content (AvgIpc) is 1.65. The monoisotopic (exact) mass is 1320 g/mol. The molecule has 0 bridgehead atoms. The van der Waals surface area contributed by atoms with Gasteiger partial charge in [0.2, 0.25) is 5.78 Å². The normalized spacial score (nSPS) is 12.8. The summed E-state index contributed by atoms with van der Waals surface area (Å²) in [7, 11) is 0. The van der Waals surface area contributed by atoms with Crippen LogP contribution in [0.1, 0.15) is 164 Å². The fourth-order valence-electron chi connectivity index (χ4n) is 9.78. The Morgan fingerprint density at radius 1 is 0.495 bits per heavy atom. The lowest BCUT2D eigenvalue weighted by Gasteiger charge is -2.11. The van der Waals surface area contributed by atoms with Gasteiger partial charge in [-0.15, -0.1) is 11.8 Å². The number of thioether (sulfide) groups is 1. The number of anilines is 3. The standard InChI is InChI=1S/2C22H22N4O2.C12H11NOS.C11H15N3O.C9H7NO/c2*1-13-8-9-16(22(28)24-17-10-11-17)12-18(13)26-21(23)19(14(2)25-26)20(27)15-6-4-3-5-7-15;1-9(15-2)11(8-13)12(14)10-6-4-3-5-7-10;1-7-2-3-8(6-10(7)14-12)11(15)13-9-4-5-9;10-7-6-9(11)8-4-2-1-3-5-8/h2*3-9,12,17H,10-11,23H2,1-2H3,(H,24,28);3-7H,1-2H3;2-3,6,9,14H,4-5,12H2,1H3,(H,13,15);1-5H,6H2/b;;11-9+;;. The number of amides is 3. The molecule has 0 saturated heterocycles. The summed E-state index contributed by atoms with van der Waals surface area (Å²) in [5, 5.41) is 35.0. The number of nitrogens with one attached hydrogen (secondary N) is 4. The molecular formula is C76H77N13O7S. The first-order chi connectivity index (χ1) is 46.7. The number of hydrazine groups is 1. The van der Waals surface area contributed by atoms with Crippen LogP contribution in [0.25, 0.3) is 11.4 Å². The van der Waals surface area contributed by atoms with Gasteiger partial charge in [0.15, 0.2) is 17.3 Å². The summed E-state index contributed by atoms with van der Waals surface area (Å²) in [4.78, 5) is 86.0. The van der Waals surface area contributed by atoms with Gasteiger partial charge in [-0.3, -0.25) is 39.4 Å². The lowest BCUT2D eigenvalue weighted by atomic mass is 10.0. The molecule has 97 heavy (non-hydrogen) atoms. The molecule has 0 unspecified atom stereocenters. The SMILES string of the molecule is CS/C(C)=C(\C#N)C(=O)c1ccccc1.Cc1ccc(C(=O)NC2CC2)cc1-n1nc(C)c(C(=O)c2ccccc2)c1N.Cc1ccc(C(=O)NC2CC2)cc1-n1nc(C)c(C(=O)c2ccccc2)c1N.Cc1ccc(C(=O)NC2CC2)cc1NN.N#CCC(=O)c1ccccc1. The van der Waals surface area contributed by atoms with Crippen LogP contribution in [0.2, 0.25) is 0 Å². The summed E-state index contributed by atoms with van der Waals surface area (Å²) < 4.78 is 3.10. The minimum Gasteiger partial charge on any atom is -0.383 e. The highest BCUT2D eigenvalue weighted by Crippen LogP contribution is 2.30. The molecule has 0 radical (unpaired) electrons. The van der Waals surface area contributed by atoms with Crippen molar-refractivity contribution in [1.29, 1.82) is 10.5 Å². The van der Waals surface area contributed by atoms with E-state index >= 15 is 0 Å². The number of ketones is 4. The number of aryl methyl sites for hydroxylation is 5. The van der Waals surface area contributed by atoms with E-state index in [1.54, 1.807) is 133 Å². The minimum atomic E-state index is -0.204. The van der Waals surface area contributed by atoms with E-state index < -0.39 is 0 Å². The summed E-state index contributed by atoms with van der Waals surface area (Å²) >= 11 is 1.42. The lowest BCUT2D eigenvalue weighted by molar-refractivity contribution is 0.0942. The number of allylic oxidation sites excluding steroid dienone is 2. The van der Waals surface area contributed by atoms with Gasteiger partial charge in [-0.2, -0.15) is 20.7 Å². The zero-order chi connectivity index (χ0) is 69.9. The van der Waals surface area contributed by atoms with E-state index in [0.29, 0.717) is 78.9 Å².